The lowest BCUT2D eigenvalue weighted by molar-refractivity contribution is -0.147. The molecule has 2 unspecified atom stereocenters. The molecule has 2 N–H and O–H groups in total. The van der Waals surface area contributed by atoms with Crippen molar-refractivity contribution in [1.29, 1.82) is 5.26 Å². The third-order valence-corrected chi connectivity index (χ3v) is 2.86. The minimum Gasteiger partial charge on any atom is -0.466 e. The van der Waals surface area contributed by atoms with Gasteiger partial charge < -0.3 is 14.9 Å². The first kappa shape index (κ1) is 17.9. The highest BCUT2D eigenvalue weighted by atomic mass is 19.4. The number of nitriles is 1. The standard InChI is InChI=1S/C14H14F3NO4/c1-2-22-12(20)6-11(19)13(21)8-3-4-9(7-18)10(5-8)14(15,16)17/h3-5,11,13,19,21H,2,6H2,1H3. The molecule has 1 aromatic rings. The van der Waals surface area contributed by atoms with Gasteiger partial charge in [-0.1, -0.05) is 6.07 Å². The number of ether oxygens (including phenoxy) is 1. The van der Waals surface area contributed by atoms with Gasteiger partial charge in [0, 0.05) is 0 Å². The second-order valence-corrected chi connectivity index (χ2v) is 4.44. The molecule has 22 heavy (non-hydrogen) atoms. The van der Waals surface area contributed by atoms with Gasteiger partial charge in [-0.25, -0.2) is 0 Å². The summed E-state index contributed by atoms with van der Waals surface area (Å²) in [7, 11) is 0. The van der Waals surface area contributed by atoms with E-state index in [9.17, 15) is 28.2 Å². The van der Waals surface area contributed by atoms with E-state index in [0.29, 0.717) is 6.07 Å². The number of aliphatic hydroxyl groups is 2. The maximum Gasteiger partial charge on any atom is 0.417 e. The summed E-state index contributed by atoms with van der Waals surface area (Å²) in [6.07, 6.45) is -8.66. The fourth-order valence-electron chi connectivity index (χ4n) is 1.80. The van der Waals surface area contributed by atoms with Crippen LogP contribution in [-0.4, -0.2) is 28.9 Å². The summed E-state index contributed by atoms with van der Waals surface area (Å²) in [4.78, 5) is 11.2. The molecular formula is C14H14F3NO4. The van der Waals surface area contributed by atoms with Crippen molar-refractivity contribution in [3.8, 4) is 6.07 Å². The Morgan fingerprint density at radius 2 is 2.05 bits per heavy atom. The number of hydrogen-bond acceptors (Lipinski definition) is 5. The van der Waals surface area contributed by atoms with Crippen LogP contribution in [0.1, 0.15) is 36.1 Å². The van der Waals surface area contributed by atoms with E-state index in [1.54, 1.807) is 6.92 Å². The van der Waals surface area contributed by atoms with Crippen molar-refractivity contribution in [2.75, 3.05) is 6.61 Å². The van der Waals surface area contributed by atoms with E-state index in [1.807, 2.05) is 0 Å². The average molecular weight is 317 g/mol. The van der Waals surface area contributed by atoms with E-state index in [0.717, 1.165) is 12.1 Å². The SMILES string of the molecule is CCOC(=O)CC(O)C(O)c1ccc(C#N)c(C(F)(F)F)c1. The number of carbonyl (C=O) groups is 1. The number of carbonyl (C=O) groups excluding carboxylic acids is 1. The van der Waals surface area contributed by atoms with E-state index < -0.39 is 41.9 Å². The monoisotopic (exact) mass is 317 g/mol. The van der Waals surface area contributed by atoms with E-state index in [4.69, 9.17) is 5.26 Å². The first-order valence-electron chi connectivity index (χ1n) is 6.33. The van der Waals surface area contributed by atoms with Crippen LogP contribution in [0.4, 0.5) is 13.2 Å². The van der Waals surface area contributed by atoms with Gasteiger partial charge in [0.15, 0.2) is 0 Å². The summed E-state index contributed by atoms with van der Waals surface area (Å²) in [5, 5.41) is 28.2. The minimum atomic E-state index is -4.77. The number of nitrogens with zero attached hydrogens (tertiary/aromatic N) is 1. The first-order chi connectivity index (χ1) is 10.2. The van der Waals surface area contributed by atoms with Crippen LogP contribution < -0.4 is 0 Å². The lowest BCUT2D eigenvalue weighted by Gasteiger charge is -2.19. The molecule has 120 valence electrons. The van der Waals surface area contributed by atoms with Crippen molar-refractivity contribution in [1.82, 2.24) is 0 Å². The van der Waals surface area contributed by atoms with Crippen LogP contribution in [0.5, 0.6) is 0 Å². The van der Waals surface area contributed by atoms with Gasteiger partial charge in [0.25, 0.3) is 0 Å². The Balaban J connectivity index is 3.02. The van der Waals surface area contributed by atoms with E-state index in [1.165, 1.54) is 6.07 Å². The number of aliphatic hydroxyl groups excluding tert-OH is 2. The van der Waals surface area contributed by atoms with Crippen molar-refractivity contribution < 1.29 is 32.9 Å². The molecule has 0 aliphatic rings. The summed E-state index contributed by atoms with van der Waals surface area (Å²) < 4.78 is 43.0. The van der Waals surface area contributed by atoms with Crippen molar-refractivity contribution >= 4 is 5.97 Å². The minimum absolute atomic E-state index is 0.0801. The zero-order valence-electron chi connectivity index (χ0n) is 11.6. The van der Waals surface area contributed by atoms with E-state index >= 15 is 0 Å². The Morgan fingerprint density at radius 3 is 2.55 bits per heavy atom. The molecule has 0 saturated carbocycles. The Kier molecular flexibility index (Phi) is 5.91. The van der Waals surface area contributed by atoms with Crippen molar-refractivity contribution in [3.05, 3.63) is 34.9 Å². The molecule has 0 aliphatic heterocycles. The molecule has 0 bridgehead atoms. The third-order valence-electron chi connectivity index (χ3n) is 2.86. The van der Waals surface area contributed by atoms with E-state index in [2.05, 4.69) is 4.74 Å². The number of rotatable bonds is 5. The predicted molar refractivity (Wildman–Crippen MR) is 68.4 cm³/mol. The van der Waals surface area contributed by atoms with Gasteiger partial charge >= 0.3 is 12.1 Å². The van der Waals surface area contributed by atoms with Gasteiger partial charge in [-0.2, -0.15) is 18.4 Å². The number of halogens is 3. The maximum absolute atomic E-state index is 12.8. The molecular weight excluding hydrogens is 303 g/mol. The lowest BCUT2D eigenvalue weighted by Crippen LogP contribution is -2.23. The summed E-state index contributed by atoms with van der Waals surface area (Å²) in [6, 6.07) is 3.98. The van der Waals surface area contributed by atoms with Crippen LogP contribution in [-0.2, 0) is 15.7 Å². The Morgan fingerprint density at radius 1 is 1.41 bits per heavy atom. The van der Waals surface area contributed by atoms with Crippen LogP contribution in [0.3, 0.4) is 0 Å². The zero-order valence-corrected chi connectivity index (χ0v) is 11.6. The molecule has 1 aromatic carbocycles. The molecule has 0 aromatic heterocycles. The van der Waals surface area contributed by atoms with Crippen LogP contribution in [0.15, 0.2) is 18.2 Å². The van der Waals surface area contributed by atoms with Gasteiger partial charge in [0.2, 0.25) is 0 Å². The molecule has 0 radical (unpaired) electrons. The predicted octanol–water partition coefficient (Wildman–Crippen LogP) is 1.92. The average Bonchev–Trinajstić information content (AvgIpc) is 2.45. The van der Waals surface area contributed by atoms with Crippen molar-refractivity contribution in [3.63, 3.8) is 0 Å². The van der Waals surface area contributed by atoms with Gasteiger partial charge in [-0.15, -0.1) is 0 Å². The molecule has 0 aliphatic carbocycles. The largest absolute Gasteiger partial charge is 0.466 e. The third kappa shape index (κ3) is 4.44. The van der Waals surface area contributed by atoms with Gasteiger partial charge in [-0.05, 0) is 24.6 Å². The van der Waals surface area contributed by atoms with Gasteiger partial charge in [0.1, 0.15) is 6.10 Å². The van der Waals surface area contributed by atoms with Crippen molar-refractivity contribution in [2.24, 2.45) is 0 Å². The molecule has 0 fully saturated rings. The number of esters is 1. The van der Waals surface area contributed by atoms with Crippen LogP contribution in [0, 0.1) is 11.3 Å². The van der Waals surface area contributed by atoms with Crippen LogP contribution >= 0.6 is 0 Å². The fraction of sp³-hybridized carbons (Fsp3) is 0.429. The summed E-state index contributed by atoms with van der Waals surface area (Å²) >= 11 is 0. The van der Waals surface area contributed by atoms with Crippen molar-refractivity contribution in [2.45, 2.75) is 31.7 Å². The zero-order chi connectivity index (χ0) is 16.9. The summed E-state index contributed by atoms with van der Waals surface area (Å²) in [6.45, 7) is 1.63. The molecule has 1 rings (SSSR count). The quantitative estimate of drug-likeness (QED) is 0.810. The first-order valence-corrected chi connectivity index (χ1v) is 6.33. The smallest absolute Gasteiger partial charge is 0.417 e. The summed E-state index contributed by atoms with van der Waals surface area (Å²) in [5.74, 6) is -0.779. The topological polar surface area (TPSA) is 90.6 Å². The normalized spacial score (nSPS) is 14.0. The molecule has 0 amide bonds. The summed E-state index contributed by atoms with van der Waals surface area (Å²) in [5.41, 5.74) is -2.05. The lowest BCUT2D eigenvalue weighted by atomic mass is 9.97. The van der Waals surface area contributed by atoms with Crippen LogP contribution in [0.25, 0.3) is 0 Å². The Bertz CT molecular complexity index is 580. The highest BCUT2D eigenvalue weighted by Crippen LogP contribution is 2.34. The fourth-order valence-corrected chi connectivity index (χ4v) is 1.80. The second kappa shape index (κ2) is 7.24. The second-order valence-electron chi connectivity index (χ2n) is 4.44. The molecule has 8 heteroatoms. The Labute approximate surface area is 124 Å². The van der Waals surface area contributed by atoms with Crippen LogP contribution in [0.2, 0.25) is 0 Å². The van der Waals surface area contributed by atoms with Gasteiger partial charge in [-0.3, -0.25) is 4.79 Å². The number of hydrogen-bond donors (Lipinski definition) is 2. The maximum atomic E-state index is 12.8. The van der Waals surface area contributed by atoms with Gasteiger partial charge in [0.05, 0.1) is 36.3 Å². The molecule has 0 spiro atoms. The number of benzene rings is 1. The highest BCUT2D eigenvalue weighted by Gasteiger charge is 2.35. The molecule has 0 saturated heterocycles. The Hall–Kier alpha value is -2.11. The number of alkyl halides is 3. The molecule has 0 heterocycles. The van der Waals surface area contributed by atoms with E-state index in [-0.39, 0.29) is 12.2 Å². The molecule has 5 nitrogen and oxygen atoms in total. The molecule has 2 atom stereocenters. The highest BCUT2D eigenvalue weighted by molar-refractivity contribution is 5.70.